The van der Waals surface area contributed by atoms with Crippen molar-refractivity contribution in [1.29, 1.82) is 0 Å². The van der Waals surface area contributed by atoms with Gasteiger partial charge in [0.2, 0.25) is 0 Å². The molecule has 1 aliphatic rings. The molecule has 0 fully saturated rings. The Balaban J connectivity index is 2.47. The Kier molecular flexibility index (Phi) is 2.86. The second-order valence-corrected chi connectivity index (χ2v) is 3.68. The van der Waals surface area contributed by atoms with Crippen LogP contribution in [0.5, 0.6) is 0 Å². The van der Waals surface area contributed by atoms with Crippen molar-refractivity contribution in [3.05, 3.63) is 11.6 Å². The Labute approximate surface area is 68.5 Å². The van der Waals surface area contributed by atoms with Gasteiger partial charge in [-0.05, 0) is 36.7 Å². The van der Waals surface area contributed by atoms with Crippen LogP contribution in [0.4, 0.5) is 0 Å². The lowest BCUT2D eigenvalue weighted by Gasteiger charge is -2.22. The topological polar surface area (TPSA) is 17.1 Å². The van der Waals surface area contributed by atoms with Gasteiger partial charge in [-0.3, -0.25) is 4.79 Å². The van der Waals surface area contributed by atoms with Gasteiger partial charge in [0, 0.05) is 0 Å². The maximum atomic E-state index is 10.4. The maximum absolute atomic E-state index is 10.4. The zero-order valence-electron chi connectivity index (χ0n) is 7.34. The van der Waals surface area contributed by atoms with E-state index in [2.05, 4.69) is 19.9 Å². The molecular formula is C10H16O. The molecule has 0 saturated heterocycles. The van der Waals surface area contributed by atoms with Gasteiger partial charge >= 0.3 is 0 Å². The molecule has 62 valence electrons. The van der Waals surface area contributed by atoms with Crippen LogP contribution in [0.2, 0.25) is 0 Å². The van der Waals surface area contributed by atoms with Gasteiger partial charge in [-0.15, -0.1) is 0 Å². The van der Waals surface area contributed by atoms with E-state index in [1.807, 2.05) is 0 Å². The Morgan fingerprint density at radius 1 is 1.64 bits per heavy atom. The zero-order chi connectivity index (χ0) is 8.27. The van der Waals surface area contributed by atoms with E-state index in [1.165, 1.54) is 6.42 Å². The second-order valence-electron chi connectivity index (χ2n) is 3.68. The molecule has 0 unspecified atom stereocenters. The van der Waals surface area contributed by atoms with Gasteiger partial charge in [-0.1, -0.05) is 19.9 Å². The van der Waals surface area contributed by atoms with Crippen molar-refractivity contribution in [2.24, 2.45) is 11.8 Å². The fourth-order valence-electron chi connectivity index (χ4n) is 1.59. The summed E-state index contributed by atoms with van der Waals surface area (Å²) in [7, 11) is 0. The van der Waals surface area contributed by atoms with E-state index in [1.54, 1.807) is 0 Å². The molecule has 0 aromatic heterocycles. The molecule has 0 bridgehead atoms. The first-order chi connectivity index (χ1) is 5.24. The average Bonchev–Trinajstić information content (AvgIpc) is 2.05. The lowest BCUT2D eigenvalue weighted by molar-refractivity contribution is -0.105. The highest BCUT2D eigenvalue weighted by Gasteiger charge is 2.16. The molecule has 0 aromatic rings. The smallest absolute Gasteiger partial charge is 0.145 e. The van der Waals surface area contributed by atoms with Gasteiger partial charge in [0.1, 0.15) is 6.29 Å². The molecular weight excluding hydrogens is 136 g/mol. The van der Waals surface area contributed by atoms with Crippen LogP contribution >= 0.6 is 0 Å². The summed E-state index contributed by atoms with van der Waals surface area (Å²) < 4.78 is 0. The molecule has 0 spiro atoms. The van der Waals surface area contributed by atoms with E-state index in [9.17, 15) is 4.79 Å². The fraction of sp³-hybridized carbons (Fsp3) is 0.700. The van der Waals surface area contributed by atoms with Crippen molar-refractivity contribution in [2.75, 3.05) is 0 Å². The molecule has 0 aromatic carbocycles. The number of aldehydes is 1. The second kappa shape index (κ2) is 3.70. The van der Waals surface area contributed by atoms with Crippen LogP contribution in [0.25, 0.3) is 0 Å². The lowest BCUT2D eigenvalue weighted by atomic mass is 9.83. The molecule has 0 heterocycles. The Morgan fingerprint density at radius 3 is 2.73 bits per heavy atom. The molecule has 1 nitrogen and oxygen atoms in total. The largest absolute Gasteiger partial charge is 0.298 e. The van der Waals surface area contributed by atoms with Crippen LogP contribution in [0.15, 0.2) is 11.6 Å². The quantitative estimate of drug-likeness (QED) is 0.556. The van der Waals surface area contributed by atoms with Crippen LogP contribution in [-0.2, 0) is 4.79 Å². The van der Waals surface area contributed by atoms with Gasteiger partial charge < -0.3 is 0 Å². The van der Waals surface area contributed by atoms with Crippen LogP contribution < -0.4 is 0 Å². The van der Waals surface area contributed by atoms with Gasteiger partial charge in [0.25, 0.3) is 0 Å². The monoisotopic (exact) mass is 152 g/mol. The summed E-state index contributed by atoms with van der Waals surface area (Å²) in [4.78, 5) is 10.4. The number of carbonyl (C=O) groups excluding carboxylic acids is 1. The SMILES string of the molecule is CC(C)[C@@H]1CC=C(C=O)CC1. The minimum Gasteiger partial charge on any atom is -0.298 e. The highest BCUT2D eigenvalue weighted by Crippen LogP contribution is 2.27. The Morgan fingerprint density at radius 2 is 2.36 bits per heavy atom. The third kappa shape index (κ3) is 2.18. The molecule has 1 aliphatic carbocycles. The van der Waals surface area contributed by atoms with Crippen LogP contribution in [0.3, 0.4) is 0 Å². The van der Waals surface area contributed by atoms with Crippen molar-refractivity contribution in [2.45, 2.75) is 33.1 Å². The normalized spacial score (nSPS) is 25.0. The third-order valence-electron chi connectivity index (χ3n) is 2.58. The summed E-state index contributed by atoms with van der Waals surface area (Å²) in [5.41, 5.74) is 1.00. The zero-order valence-corrected chi connectivity index (χ0v) is 7.34. The molecule has 11 heavy (non-hydrogen) atoms. The van der Waals surface area contributed by atoms with Crippen molar-refractivity contribution in [3.63, 3.8) is 0 Å². The van der Waals surface area contributed by atoms with E-state index in [0.717, 1.165) is 36.5 Å². The number of rotatable bonds is 2. The predicted molar refractivity (Wildman–Crippen MR) is 46.3 cm³/mol. The van der Waals surface area contributed by atoms with Crippen LogP contribution in [0, 0.1) is 11.8 Å². The number of carbonyl (C=O) groups is 1. The number of allylic oxidation sites excluding steroid dienone is 2. The van der Waals surface area contributed by atoms with Gasteiger partial charge in [0.05, 0.1) is 0 Å². The fourth-order valence-corrected chi connectivity index (χ4v) is 1.59. The minimum atomic E-state index is 0.763. The minimum absolute atomic E-state index is 0.763. The highest BCUT2D eigenvalue weighted by atomic mass is 16.1. The summed E-state index contributed by atoms with van der Waals surface area (Å²) in [5, 5.41) is 0. The Bertz CT molecular complexity index is 168. The van der Waals surface area contributed by atoms with Gasteiger partial charge in [-0.2, -0.15) is 0 Å². The molecule has 0 aliphatic heterocycles. The summed E-state index contributed by atoms with van der Waals surface area (Å²) in [6.07, 6.45) is 6.39. The third-order valence-corrected chi connectivity index (χ3v) is 2.58. The van der Waals surface area contributed by atoms with Crippen molar-refractivity contribution in [3.8, 4) is 0 Å². The molecule has 1 heteroatoms. The first-order valence-corrected chi connectivity index (χ1v) is 4.38. The molecule has 0 radical (unpaired) electrons. The summed E-state index contributed by atoms with van der Waals surface area (Å²) in [6.45, 7) is 4.51. The summed E-state index contributed by atoms with van der Waals surface area (Å²) >= 11 is 0. The maximum Gasteiger partial charge on any atom is 0.145 e. The molecule has 1 atom stereocenters. The average molecular weight is 152 g/mol. The molecule has 0 N–H and O–H groups in total. The molecule has 0 amide bonds. The van der Waals surface area contributed by atoms with E-state index < -0.39 is 0 Å². The summed E-state index contributed by atoms with van der Waals surface area (Å²) in [6, 6.07) is 0. The molecule has 0 saturated carbocycles. The van der Waals surface area contributed by atoms with Gasteiger partial charge in [0.15, 0.2) is 0 Å². The number of hydrogen-bond acceptors (Lipinski definition) is 1. The first kappa shape index (κ1) is 8.51. The highest BCUT2D eigenvalue weighted by molar-refractivity contribution is 5.73. The Hall–Kier alpha value is -0.590. The first-order valence-electron chi connectivity index (χ1n) is 4.38. The predicted octanol–water partition coefficient (Wildman–Crippen LogP) is 2.57. The van der Waals surface area contributed by atoms with Crippen LogP contribution in [0.1, 0.15) is 33.1 Å². The van der Waals surface area contributed by atoms with Crippen molar-refractivity contribution in [1.82, 2.24) is 0 Å². The van der Waals surface area contributed by atoms with E-state index in [-0.39, 0.29) is 0 Å². The van der Waals surface area contributed by atoms with E-state index in [0.29, 0.717) is 0 Å². The molecule has 1 rings (SSSR count). The van der Waals surface area contributed by atoms with Gasteiger partial charge in [-0.25, -0.2) is 0 Å². The van der Waals surface area contributed by atoms with Crippen LogP contribution in [-0.4, -0.2) is 6.29 Å². The van der Waals surface area contributed by atoms with E-state index in [4.69, 9.17) is 0 Å². The van der Waals surface area contributed by atoms with E-state index >= 15 is 0 Å². The van der Waals surface area contributed by atoms with Crippen molar-refractivity contribution < 1.29 is 4.79 Å². The lowest BCUT2D eigenvalue weighted by Crippen LogP contribution is -2.12. The summed E-state index contributed by atoms with van der Waals surface area (Å²) in [5.74, 6) is 1.57. The standard InChI is InChI=1S/C10H16O/c1-8(2)10-5-3-9(7-11)4-6-10/h3,7-8,10H,4-6H2,1-2H3/t10-/m1/s1. The number of hydrogen-bond donors (Lipinski definition) is 0. The van der Waals surface area contributed by atoms with Crippen molar-refractivity contribution >= 4 is 6.29 Å².